The molecule has 0 saturated heterocycles. The van der Waals surface area contributed by atoms with Crippen LogP contribution in [0.15, 0.2) is 48.5 Å². The minimum absolute atomic E-state index is 0.243. The Balaban J connectivity index is 0.000000171. The van der Waals surface area contributed by atoms with Crippen LogP contribution >= 0.6 is 0 Å². The summed E-state index contributed by atoms with van der Waals surface area (Å²) in [5, 5.41) is 0. The van der Waals surface area contributed by atoms with E-state index in [1.807, 2.05) is 24.3 Å². The third kappa shape index (κ3) is 4.27. The topological polar surface area (TPSA) is 9.23 Å². The van der Waals surface area contributed by atoms with Gasteiger partial charge in [0.2, 0.25) is 0 Å². The van der Waals surface area contributed by atoms with Crippen molar-refractivity contribution in [2.75, 3.05) is 7.11 Å². The molecule has 1 nitrogen and oxygen atoms in total. The SMILES string of the molecule is [CH2]c1ccccc1F.[CH2]c1ccccc1OC. The molecular weight excluding hydrogens is 215 g/mol. The Morgan fingerprint density at radius 2 is 1.41 bits per heavy atom. The van der Waals surface area contributed by atoms with Crippen LogP contribution in [-0.4, -0.2) is 7.11 Å². The molecule has 2 aromatic carbocycles. The first-order valence-electron chi connectivity index (χ1n) is 5.16. The quantitative estimate of drug-likeness (QED) is 0.722. The van der Waals surface area contributed by atoms with Gasteiger partial charge in [-0.25, -0.2) is 4.39 Å². The lowest BCUT2D eigenvalue weighted by atomic mass is 10.2. The van der Waals surface area contributed by atoms with E-state index < -0.39 is 0 Å². The zero-order valence-electron chi connectivity index (χ0n) is 9.82. The molecule has 0 saturated carbocycles. The first kappa shape index (κ1) is 13.2. The van der Waals surface area contributed by atoms with Crippen molar-refractivity contribution < 1.29 is 9.13 Å². The molecular formula is C15H15FO. The molecule has 0 unspecified atom stereocenters. The Hall–Kier alpha value is -1.83. The Bertz CT molecular complexity index is 445. The lowest BCUT2D eigenvalue weighted by molar-refractivity contribution is 0.413. The van der Waals surface area contributed by atoms with Crippen molar-refractivity contribution in [3.63, 3.8) is 0 Å². The molecule has 2 heteroatoms. The molecule has 0 aliphatic carbocycles. The van der Waals surface area contributed by atoms with Crippen LogP contribution in [0.25, 0.3) is 0 Å². The summed E-state index contributed by atoms with van der Waals surface area (Å²) in [7, 11) is 1.64. The molecule has 88 valence electrons. The highest BCUT2D eigenvalue weighted by atomic mass is 19.1. The summed E-state index contributed by atoms with van der Waals surface area (Å²) in [6, 6.07) is 14.1. The average molecular weight is 230 g/mol. The van der Waals surface area contributed by atoms with Crippen molar-refractivity contribution in [3.05, 3.63) is 79.3 Å². The van der Waals surface area contributed by atoms with Crippen LogP contribution in [0.3, 0.4) is 0 Å². The van der Waals surface area contributed by atoms with Crippen molar-refractivity contribution in [2.24, 2.45) is 0 Å². The van der Waals surface area contributed by atoms with E-state index in [-0.39, 0.29) is 5.82 Å². The average Bonchev–Trinajstić information content (AvgIpc) is 2.34. The van der Waals surface area contributed by atoms with Crippen LogP contribution in [-0.2, 0) is 0 Å². The first-order valence-corrected chi connectivity index (χ1v) is 5.16. The van der Waals surface area contributed by atoms with Gasteiger partial charge in [0.15, 0.2) is 0 Å². The minimum Gasteiger partial charge on any atom is -0.496 e. The molecule has 0 fully saturated rings. The summed E-state index contributed by atoms with van der Waals surface area (Å²) in [6.07, 6.45) is 0. The van der Waals surface area contributed by atoms with E-state index >= 15 is 0 Å². The molecule has 0 amide bonds. The zero-order chi connectivity index (χ0) is 12.7. The summed E-state index contributed by atoms with van der Waals surface area (Å²) < 4.78 is 17.2. The van der Waals surface area contributed by atoms with Crippen LogP contribution in [0, 0.1) is 19.7 Å². The van der Waals surface area contributed by atoms with E-state index in [0.29, 0.717) is 5.56 Å². The third-order valence-electron chi connectivity index (χ3n) is 2.15. The molecule has 0 aliphatic heterocycles. The molecule has 2 aromatic rings. The molecule has 0 atom stereocenters. The van der Waals surface area contributed by atoms with E-state index in [2.05, 4.69) is 13.8 Å². The Morgan fingerprint density at radius 1 is 0.882 bits per heavy atom. The molecule has 0 aliphatic rings. The second-order valence-electron chi connectivity index (χ2n) is 3.40. The zero-order valence-corrected chi connectivity index (χ0v) is 9.82. The van der Waals surface area contributed by atoms with Crippen LogP contribution in [0.5, 0.6) is 5.75 Å². The molecule has 17 heavy (non-hydrogen) atoms. The minimum atomic E-state index is -0.243. The lowest BCUT2D eigenvalue weighted by Gasteiger charge is -2.00. The van der Waals surface area contributed by atoms with Crippen LogP contribution in [0.1, 0.15) is 11.1 Å². The fraction of sp³-hybridized carbons (Fsp3) is 0.0667. The van der Waals surface area contributed by atoms with Gasteiger partial charge in [-0.1, -0.05) is 36.4 Å². The monoisotopic (exact) mass is 230 g/mol. The van der Waals surface area contributed by atoms with Crippen molar-refractivity contribution in [2.45, 2.75) is 0 Å². The van der Waals surface area contributed by atoms with Gasteiger partial charge < -0.3 is 4.74 Å². The highest BCUT2D eigenvalue weighted by Crippen LogP contribution is 2.14. The van der Waals surface area contributed by atoms with Crippen molar-refractivity contribution in [3.8, 4) is 5.75 Å². The maximum Gasteiger partial charge on any atom is 0.126 e. The fourth-order valence-electron chi connectivity index (χ4n) is 1.20. The smallest absolute Gasteiger partial charge is 0.126 e. The Kier molecular flexibility index (Phi) is 5.21. The number of halogens is 1. The molecule has 0 bridgehead atoms. The van der Waals surface area contributed by atoms with Gasteiger partial charge >= 0.3 is 0 Å². The third-order valence-corrected chi connectivity index (χ3v) is 2.15. The molecule has 0 N–H and O–H groups in total. The van der Waals surface area contributed by atoms with E-state index in [1.165, 1.54) is 6.07 Å². The predicted molar refractivity (Wildman–Crippen MR) is 68.3 cm³/mol. The molecule has 2 rings (SSSR count). The van der Waals surface area contributed by atoms with Gasteiger partial charge in [-0.3, -0.25) is 0 Å². The van der Waals surface area contributed by atoms with Gasteiger partial charge in [0.1, 0.15) is 11.6 Å². The summed E-state index contributed by atoms with van der Waals surface area (Å²) in [6.45, 7) is 7.21. The van der Waals surface area contributed by atoms with Crippen LogP contribution in [0.4, 0.5) is 4.39 Å². The normalized spacial score (nSPS) is 9.18. The van der Waals surface area contributed by atoms with Gasteiger partial charge in [-0.05, 0) is 37.1 Å². The van der Waals surface area contributed by atoms with E-state index in [9.17, 15) is 4.39 Å². The largest absolute Gasteiger partial charge is 0.496 e. The molecule has 0 heterocycles. The van der Waals surface area contributed by atoms with E-state index in [4.69, 9.17) is 4.74 Å². The predicted octanol–water partition coefficient (Wildman–Crippen LogP) is 3.89. The Labute approximate surface area is 102 Å². The number of methoxy groups -OCH3 is 1. The number of benzene rings is 2. The summed E-state index contributed by atoms with van der Waals surface area (Å²) in [5.74, 6) is 0.602. The maximum atomic E-state index is 12.3. The summed E-state index contributed by atoms with van der Waals surface area (Å²) in [4.78, 5) is 0. The highest BCUT2D eigenvalue weighted by molar-refractivity contribution is 5.34. The number of para-hydroxylation sites is 1. The van der Waals surface area contributed by atoms with E-state index in [1.54, 1.807) is 25.3 Å². The molecule has 2 radical (unpaired) electrons. The van der Waals surface area contributed by atoms with Crippen molar-refractivity contribution >= 4 is 0 Å². The maximum absolute atomic E-state index is 12.3. The van der Waals surface area contributed by atoms with Crippen LogP contribution in [0.2, 0.25) is 0 Å². The van der Waals surface area contributed by atoms with Gasteiger partial charge in [0.25, 0.3) is 0 Å². The molecule has 0 spiro atoms. The highest BCUT2D eigenvalue weighted by Gasteiger charge is 1.91. The van der Waals surface area contributed by atoms with Crippen molar-refractivity contribution in [1.29, 1.82) is 0 Å². The van der Waals surface area contributed by atoms with E-state index in [0.717, 1.165) is 11.3 Å². The first-order chi connectivity index (χ1) is 8.15. The number of hydrogen-bond donors (Lipinski definition) is 0. The summed E-state index contributed by atoms with van der Waals surface area (Å²) in [5.41, 5.74) is 1.38. The van der Waals surface area contributed by atoms with Gasteiger partial charge in [-0.2, -0.15) is 0 Å². The number of ether oxygens (including phenoxy) is 1. The lowest BCUT2D eigenvalue weighted by Crippen LogP contribution is -1.84. The van der Waals surface area contributed by atoms with Gasteiger partial charge in [0, 0.05) is 0 Å². The van der Waals surface area contributed by atoms with Crippen molar-refractivity contribution in [1.82, 2.24) is 0 Å². The fourth-order valence-corrected chi connectivity index (χ4v) is 1.20. The number of hydrogen-bond acceptors (Lipinski definition) is 1. The number of rotatable bonds is 1. The Morgan fingerprint density at radius 3 is 1.76 bits per heavy atom. The standard InChI is InChI=1S/C8H9O.C7H6F/c1-7-5-3-4-6-8(7)9-2;1-6-4-2-3-5-7(6)8/h3-6H,1H2,2H3;2-5H,1H2. The second kappa shape index (κ2) is 6.69. The molecule has 0 aromatic heterocycles. The summed E-state index contributed by atoms with van der Waals surface area (Å²) >= 11 is 0. The van der Waals surface area contributed by atoms with Gasteiger partial charge in [0.05, 0.1) is 7.11 Å². The second-order valence-corrected chi connectivity index (χ2v) is 3.40. The van der Waals surface area contributed by atoms with Gasteiger partial charge in [-0.15, -0.1) is 0 Å². The van der Waals surface area contributed by atoms with Crippen LogP contribution < -0.4 is 4.74 Å².